The topological polar surface area (TPSA) is 125 Å². The van der Waals surface area contributed by atoms with Gasteiger partial charge in [0.15, 0.2) is 0 Å². The number of nitrogens with zero attached hydrogens (tertiary/aromatic N) is 2. The summed E-state index contributed by atoms with van der Waals surface area (Å²) in [5.74, 6) is 0.114. The monoisotopic (exact) mass is 506 g/mol. The average Bonchev–Trinajstić information content (AvgIpc) is 3.53. The first kappa shape index (κ1) is 23.6. The van der Waals surface area contributed by atoms with Gasteiger partial charge in [-0.15, -0.1) is 0 Å². The van der Waals surface area contributed by atoms with Crippen LogP contribution in [0.4, 0.5) is 25.1 Å². The molecular formula is C25H17F3N6O3. The number of carbonyl (C=O) groups excluding carboxylic acids is 2. The van der Waals surface area contributed by atoms with Gasteiger partial charge in [0.2, 0.25) is 11.9 Å². The molecule has 3 aromatic carbocycles. The van der Waals surface area contributed by atoms with E-state index in [4.69, 9.17) is 4.74 Å². The summed E-state index contributed by atoms with van der Waals surface area (Å²) in [4.78, 5) is 39.4. The van der Waals surface area contributed by atoms with Crippen molar-refractivity contribution < 1.29 is 27.5 Å². The van der Waals surface area contributed by atoms with Gasteiger partial charge in [-0.2, -0.15) is 13.2 Å². The summed E-state index contributed by atoms with van der Waals surface area (Å²) < 4.78 is 43.7. The highest BCUT2D eigenvalue weighted by Crippen LogP contribution is 2.31. The Bertz CT molecular complexity index is 1560. The van der Waals surface area contributed by atoms with Crippen LogP contribution in [0.3, 0.4) is 0 Å². The van der Waals surface area contributed by atoms with Gasteiger partial charge in [-0.3, -0.25) is 20.2 Å². The van der Waals surface area contributed by atoms with Gasteiger partial charge in [0.1, 0.15) is 11.5 Å². The lowest BCUT2D eigenvalue weighted by atomic mass is 10.2. The Labute approximate surface area is 206 Å². The van der Waals surface area contributed by atoms with Crippen molar-refractivity contribution in [3.05, 3.63) is 95.8 Å². The minimum Gasteiger partial charge on any atom is -0.457 e. The molecule has 5 rings (SSSR count). The summed E-state index contributed by atoms with van der Waals surface area (Å²) in [6.07, 6.45) is -1.35. The fourth-order valence-corrected chi connectivity index (χ4v) is 3.49. The number of alkyl halides is 3. The smallest absolute Gasteiger partial charge is 0.416 e. The minimum absolute atomic E-state index is 0.142. The van der Waals surface area contributed by atoms with Crippen molar-refractivity contribution in [2.24, 2.45) is 0 Å². The molecule has 5 aromatic rings. The number of aromatic amines is 2. The maximum Gasteiger partial charge on any atom is 0.416 e. The Hall–Kier alpha value is -5.13. The lowest BCUT2D eigenvalue weighted by molar-refractivity contribution is -0.137. The lowest BCUT2D eigenvalue weighted by Gasteiger charge is -2.09. The van der Waals surface area contributed by atoms with Crippen LogP contribution in [0.25, 0.3) is 11.0 Å². The number of para-hydroxylation sites is 1. The van der Waals surface area contributed by atoms with Crippen molar-refractivity contribution in [1.29, 1.82) is 0 Å². The number of carbonyl (C=O) groups is 2. The van der Waals surface area contributed by atoms with Crippen LogP contribution in [-0.2, 0) is 6.18 Å². The number of ether oxygens (including phenoxy) is 1. The summed E-state index contributed by atoms with van der Waals surface area (Å²) in [7, 11) is 0. The highest BCUT2D eigenvalue weighted by Gasteiger charge is 2.30. The number of H-pyrrole nitrogens is 2. The number of imidazole rings is 2. The normalized spacial score (nSPS) is 11.3. The van der Waals surface area contributed by atoms with E-state index >= 15 is 0 Å². The second kappa shape index (κ2) is 9.49. The Kier molecular flexibility index (Phi) is 6.05. The molecule has 12 heteroatoms. The lowest BCUT2D eigenvalue weighted by Crippen LogP contribution is -2.14. The van der Waals surface area contributed by atoms with E-state index in [0.717, 1.165) is 12.1 Å². The molecular weight excluding hydrogens is 489 g/mol. The highest BCUT2D eigenvalue weighted by molar-refractivity contribution is 6.11. The molecule has 2 amide bonds. The molecule has 0 aliphatic rings. The van der Waals surface area contributed by atoms with Crippen molar-refractivity contribution in [3.63, 3.8) is 0 Å². The van der Waals surface area contributed by atoms with Crippen LogP contribution in [0.1, 0.15) is 26.3 Å². The highest BCUT2D eigenvalue weighted by atomic mass is 19.4. The molecule has 0 aliphatic heterocycles. The Morgan fingerprint density at radius 2 is 1.51 bits per heavy atom. The van der Waals surface area contributed by atoms with Crippen LogP contribution >= 0.6 is 0 Å². The first-order chi connectivity index (χ1) is 17.8. The van der Waals surface area contributed by atoms with Gasteiger partial charge < -0.3 is 14.7 Å². The van der Waals surface area contributed by atoms with E-state index < -0.39 is 23.6 Å². The second-order valence-corrected chi connectivity index (χ2v) is 7.78. The summed E-state index contributed by atoms with van der Waals surface area (Å²) in [5.41, 5.74) is 0.732. The molecule has 0 bridgehead atoms. The van der Waals surface area contributed by atoms with E-state index in [0.29, 0.717) is 28.3 Å². The molecule has 2 heterocycles. The van der Waals surface area contributed by atoms with Gasteiger partial charge in [-0.05, 0) is 60.7 Å². The van der Waals surface area contributed by atoms with Crippen molar-refractivity contribution in [2.45, 2.75) is 6.18 Å². The molecule has 0 saturated heterocycles. The van der Waals surface area contributed by atoms with E-state index in [9.17, 15) is 22.8 Å². The Morgan fingerprint density at radius 1 is 0.838 bits per heavy atom. The van der Waals surface area contributed by atoms with Crippen molar-refractivity contribution in [1.82, 2.24) is 19.9 Å². The van der Waals surface area contributed by atoms with Crippen molar-refractivity contribution in [2.75, 3.05) is 10.6 Å². The van der Waals surface area contributed by atoms with Gasteiger partial charge >= 0.3 is 6.18 Å². The van der Waals surface area contributed by atoms with Crippen LogP contribution in [-0.4, -0.2) is 31.8 Å². The molecule has 9 nitrogen and oxygen atoms in total. The number of hydrogen-bond donors (Lipinski definition) is 4. The fraction of sp³-hybridized carbons (Fsp3) is 0.0400. The van der Waals surface area contributed by atoms with Gasteiger partial charge in [0.05, 0.1) is 22.2 Å². The SMILES string of the molecule is O=C(Nc1nc2cccc(C(=O)Nc3ncc[nH]3)c2[nH]1)c1ccc(Oc2ccc(C(F)(F)F)cc2)cc1. The molecule has 4 N–H and O–H groups in total. The van der Waals surface area contributed by atoms with Gasteiger partial charge in [0, 0.05) is 18.0 Å². The Balaban J connectivity index is 1.26. The number of aromatic nitrogens is 4. The van der Waals surface area contributed by atoms with E-state index in [1.165, 1.54) is 42.6 Å². The van der Waals surface area contributed by atoms with Crippen LogP contribution in [0.5, 0.6) is 11.5 Å². The Morgan fingerprint density at radius 3 is 2.16 bits per heavy atom. The molecule has 2 aromatic heterocycles. The summed E-state index contributed by atoms with van der Waals surface area (Å²) in [6, 6.07) is 15.3. The third-order valence-electron chi connectivity index (χ3n) is 5.26. The molecule has 0 saturated carbocycles. The number of amides is 2. The number of rotatable bonds is 6. The number of anilines is 2. The third kappa shape index (κ3) is 5.27. The van der Waals surface area contributed by atoms with Crippen LogP contribution in [0.15, 0.2) is 79.1 Å². The maximum absolute atomic E-state index is 12.7. The third-order valence-corrected chi connectivity index (χ3v) is 5.26. The molecule has 0 atom stereocenters. The number of nitrogens with one attached hydrogen (secondary N) is 4. The van der Waals surface area contributed by atoms with E-state index in [1.807, 2.05) is 0 Å². The molecule has 0 spiro atoms. The molecule has 0 fully saturated rings. The van der Waals surface area contributed by atoms with E-state index in [-0.39, 0.29) is 17.3 Å². The van der Waals surface area contributed by atoms with Crippen LogP contribution in [0, 0.1) is 0 Å². The zero-order valence-electron chi connectivity index (χ0n) is 18.8. The number of halogens is 3. The zero-order valence-corrected chi connectivity index (χ0v) is 18.8. The first-order valence-corrected chi connectivity index (χ1v) is 10.8. The van der Waals surface area contributed by atoms with Crippen molar-refractivity contribution in [3.8, 4) is 11.5 Å². The predicted octanol–water partition coefficient (Wildman–Crippen LogP) is 5.60. The van der Waals surface area contributed by atoms with Crippen LogP contribution in [0.2, 0.25) is 0 Å². The van der Waals surface area contributed by atoms with Gasteiger partial charge in [-0.25, -0.2) is 9.97 Å². The minimum atomic E-state index is -4.43. The quantitative estimate of drug-likeness (QED) is 0.239. The molecule has 37 heavy (non-hydrogen) atoms. The van der Waals surface area contributed by atoms with E-state index in [1.54, 1.807) is 24.4 Å². The molecule has 0 unspecified atom stereocenters. The summed E-state index contributed by atoms with van der Waals surface area (Å²) >= 11 is 0. The maximum atomic E-state index is 12.7. The zero-order chi connectivity index (χ0) is 26.0. The van der Waals surface area contributed by atoms with E-state index in [2.05, 4.69) is 30.6 Å². The molecule has 0 radical (unpaired) electrons. The predicted molar refractivity (Wildman–Crippen MR) is 129 cm³/mol. The van der Waals surface area contributed by atoms with Gasteiger partial charge in [0.25, 0.3) is 11.8 Å². The fourth-order valence-electron chi connectivity index (χ4n) is 3.49. The number of fused-ring (bicyclic) bond motifs is 1. The summed E-state index contributed by atoms with van der Waals surface area (Å²) in [6.45, 7) is 0. The van der Waals surface area contributed by atoms with Gasteiger partial charge in [-0.1, -0.05) is 6.07 Å². The first-order valence-electron chi connectivity index (χ1n) is 10.8. The largest absolute Gasteiger partial charge is 0.457 e. The number of hydrogen-bond acceptors (Lipinski definition) is 5. The molecule has 186 valence electrons. The molecule has 0 aliphatic carbocycles. The van der Waals surface area contributed by atoms with Crippen molar-refractivity contribution >= 4 is 34.7 Å². The standard InChI is InChI=1S/C25H17F3N6O3/c26-25(27,28)15-6-10-17(11-7-15)37-16-8-4-14(5-9-16)21(35)33-24-31-19-3-1-2-18(20(19)32-24)22(36)34-23-29-12-13-30-23/h1-13H,(H2,29,30,34,36)(H2,31,32,33,35). The second-order valence-electron chi connectivity index (χ2n) is 7.78. The summed E-state index contributed by atoms with van der Waals surface area (Å²) in [5, 5.41) is 5.28. The average molecular weight is 506 g/mol. The number of benzene rings is 3. The van der Waals surface area contributed by atoms with Crippen LogP contribution < -0.4 is 15.4 Å².